The molecule has 0 aromatic heterocycles. The Hall–Kier alpha value is -3.20. The molecular weight excluding hydrogens is 391 g/mol. The number of fused-ring (bicyclic) bond motifs is 1. The maximum Gasteiger partial charge on any atom is 0.271 e. The van der Waals surface area contributed by atoms with E-state index in [2.05, 4.69) is 15.1 Å². The number of rotatable bonds is 6. The number of hydrogen-bond acceptors (Lipinski definition) is 6. The highest BCUT2D eigenvalue weighted by molar-refractivity contribution is 5.98. The van der Waals surface area contributed by atoms with Gasteiger partial charge in [-0.3, -0.25) is 19.8 Å². The van der Waals surface area contributed by atoms with Crippen molar-refractivity contribution in [1.82, 2.24) is 4.90 Å². The smallest absolute Gasteiger partial charge is 0.271 e. The molecule has 8 nitrogen and oxygen atoms in total. The van der Waals surface area contributed by atoms with Crippen molar-refractivity contribution in [1.29, 1.82) is 0 Å². The fraction of sp³-hybridized carbons (Fsp3) is 0.381. The number of nitrogens with one attached hydrogen (secondary N) is 1. The Morgan fingerprint density at radius 2 is 1.87 bits per heavy atom. The van der Waals surface area contributed by atoms with Gasteiger partial charge in [0.15, 0.2) is 6.10 Å². The van der Waals surface area contributed by atoms with Crippen LogP contribution in [0.1, 0.15) is 12.8 Å². The van der Waals surface area contributed by atoms with Crippen LogP contribution in [0.2, 0.25) is 0 Å². The van der Waals surface area contributed by atoms with E-state index < -0.39 is 11.0 Å². The highest BCUT2D eigenvalue weighted by Crippen LogP contribution is 2.33. The average molecular weight is 414 g/mol. The summed E-state index contributed by atoms with van der Waals surface area (Å²) in [5.74, 6) is -0.0468. The van der Waals surface area contributed by atoms with Gasteiger partial charge in [-0.25, -0.2) is 4.39 Å². The van der Waals surface area contributed by atoms with Gasteiger partial charge in [0.1, 0.15) is 11.6 Å². The largest absolute Gasteiger partial charge is 0.478 e. The van der Waals surface area contributed by atoms with Crippen molar-refractivity contribution in [3.63, 3.8) is 0 Å². The van der Waals surface area contributed by atoms with Crippen molar-refractivity contribution in [2.45, 2.75) is 18.9 Å². The lowest BCUT2D eigenvalue weighted by atomic mass is 10.1. The summed E-state index contributed by atoms with van der Waals surface area (Å²) in [6, 6.07) is 10.8. The number of ether oxygens (including phenoxy) is 1. The molecule has 0 radical (unpaired) electrons. The first-order valence-electron chi connectivity index (χ1n) is 9.98. The number of nitro benzene ring substituents is 1. The Kier molecular flexibility index (Phi) is 5.80. The van der Waals surface area contributed by atoms with Gasteiger partial charge in [-0.05, 0) is 49.7 Å². The molecule has 0 saturated carbocycles. The third-order valence-corrected chi connectivity index (χ3v) is 5.50. The van der Waals surface area contributed by atoms with Crippen LogP contribution < -0.4 is 15.0 Å². The maximum absolute atomic E-state index is 13.1. The van der Waals surface area contributed by atoms with Gasteiger partial charge in [-0.15, -0.1) is 0 Å². The molecule has 1 N–H and O–H groups in total. The van der Waals surface area contributed by atoms with Crippen LogP contribution in [0.15, 0.2) is 42.5 Å². The summed E-state index contributed by atoms with van der Waals surface area (Å²) in [6.07, 6.45) is 0.775. The summed E-state index contributed by atoms with van der Waals surface area (Å²) in [4.78, 5) is 27.2. The lowest BCUT2D eigenvalue weighted by Crippen LogP contribution is -2.47. The van der Waals surface area contributed by atoms with Crippen LogP contribution in [-0.4, -0.2) is 54.6 Å². The van der Waals surface area contributed by atoms with Crippen molar-refractivity contribution in [2.75, 3.05) is 42.9 Å². The van der Waals surface area contributed by atoms with Crippen LogP contribution in [0.25, 0.3) is 0 Å². The molecule has 30 heavy (non-hydrogen) atoms. The SMILES string of the molecule is O=C1Nc2cc([N+](=O)[O-])ccc2OC1CCCN1CCN(c2ccc(F)cc2)CC1. The molecule has 1 atom stereocenters. The lowest BCUT2D eigenvalue weighted by molar-refractivity contribution is -0.384. The number of halogens is 1. The summed E-state index contributed by atoms with van der Waals surface area (Å²) in [6.45, 7) is 4.41. The molecular formula is C21H23FN4O4. The molecule has 2 aromatic carbocycles. The van der Waals surface area contributed by atoms with Crippen molar-refractivity contribution in [2.24, 2.45) is 0 Å². The first kappa shape index (κ1) is 20.1. The number of nitro groups is 1. The second-order valence-electron chi connectivity index (χ2n) is 7.48. The molecule has 2 aliphatic rings. The monoisotopic (exact) mass is 414 g/mol. The number of hydrogen-bond donors (Lipinski definition) is 1. The minimum Gasteiger partial charge on any atom is -0.478 e. The number of benzene rings is 2. The van der Waals surface area contributed by atoms with Crippen LogP contribution in [0, 0.1) is 15.9 Å². The molecule has 2 aromatic rings. The van der Waals surface area contributed by atoms with E-state index in [9.17, 15) is 19.3 Å². The fourth-order valence-corrected chi connectivity index (χ4v) is 3.82. The molecule has 1 saturated heterocycles. The van der Waals surface area contributed by atoms with Crippen LogP contribution >= 0.6 is 0 Å². The van der Waals surface area contributed by atoms with E-state index in [0.717, 1.165) is 44.8 Å². The molecule has 1 fully saturated rings. The second kappa shape index (κ2) is 8.66. The number of nitrogens with zero attached hydrogens (tertiary/aromatic N) is 3. The van der Waals surface area contributed by atoms with E-state index in [1.807, 2.05) is 0 Å². The van der Waals surface area contributed by atoms with Gasteiger partial charge in [-0.2, -0.15) is 0 Å². The molecule has 4 rings (SSSR count). The Balaban J connectivity index is 1.24. The third kappa shape index (κ3) is 4.51. The van der Waals surface area contributed by atoms with Crippen molar-refractivity contribution in [3.05, 3.63) is 58.4 Å². The molecule has 0 spiro atoms. The third-order valence-electron chi connectivity index (χ3n) is 5.50. The highest BCUT2D eigenvalue weighted by Gasteiger charge is 2.29. The zero-order chi connectivity index (χ0) is 21.1. The molecule has 9 heteroatoms. The number of carbonyl (C=O) groups excluding carboxylic acids is 1. The first-order chi connectivity index (χ1) is 14.5. The lowest BCUT2D eigenvalue weighted by Gasteiger charge is -2.36. The van der Waals surface area contributed by atoms with Crippen LogP contribution in [0.4, 0.5) is 21.5 Å². The number of anilines is 2. The minimum atomic E-state index is -0.598. The van der Waals surface area contributed by atoms with E-state index >= 15 is 0 Å². The molecule has 2 aliphatic heterocycles. The van der Waals surface area contributed by atoms with Gasteiger partial charge in [0.05, 0.1) is 10.6 Å². The van der Waals surface area contributed by atoms with E-state index in [0.29, 0.717) is 17.9 Å². The predicted molar refractivity (Wildman–Crippen MR) is 110 cm³/mol. The van der Waals surface area contributed by atoms with Gasteiger partial charge in [0.2, 0.25) is 0 Å². The van der Waals surface area contributed by atoms with Crippen molar-refractivity contribution in [3.8, 4) is 5.75 Å². The second-order valence-corrected chi connectivity index (χ2v) is 7.48. The Morgan fingerprint density at radius 1 is 1.13 bits per heavy atom. The molecule has 1 amide bonds. The molecule has 0 aliphatic carbocycles. The normalized spacial score (nSPS) is 19.0. The first-order valence-corrected chi connectivity index (χ1v) is 9.98. The fourth-order valence-electron chi connectivity index (χ4n) is 3.82. The molecule has 0 bridgehead atoms. The predicted octanol–water partition coefficient (Wildman–Crippen LogP) is 3.04. The number of piperazine rings is 1. The quantitative estimate of drug-likeness (QED) is 0.578. The zero-order valence-corrected chi connectivity index (χ0v) is 16.4. The molecule has 158 valence electrons. The minimum absolute atomic E-state index is 0.0871. The summed E-state index contributed by atoms with van der Waals surface area (Å²) >= 11 is 0. The Bertz CT molecular complexity index is 929. The van der Waals surface area contributed by atoms with Crippen LogP contribution in [0.5, 0.6) is 5.75 Å². The van der Waals surface area contributed by atoms with E-state index in [4.69, 9.17) is 4.74 Å². The van der Waals surface area contributed by atoms with Crippen LogP contribution in [0.3, 0.4) is 0 Å². The topological polar surface area (TPSA) is 87.9 Å². The zero-order valence-electron chi connectivity index (χ0n) is 16.4. The van der Waals surface area contributed by atoms with Gasteiger partial charge in [0, 0.05) is 44.0 Å². The highest BCUT2D eigenvalue weighted by atomic mass is 19.1. The van der Waals surface area contributed by atoms with Crippen molar-refractivity contribution < 1.29 is 18.8 Å². The number of carbonyl (C=O) groups is 1. The van der Waals surface area contributed by atoms with E-state index in [-0.39, 0.29) is 17.4 Å². The van der Waals surface area contributed by atoms with Crippen molar-refractivity contribution >= 4 is 23.0 Å². The standard InChI is InChI=1S/C21H23FN4O4/c22-15-3-5-16(6-4-15)25-12-10-24(11-13-25)9-1-2-20-21(27)23-18-14-17(26(28)29)7-8-19(18)30-20/h3-8,14,20H,1-2,9-13H2,(H,23,27). The number of non-ortho nitro benzene ring substituents is 1. The van der Waals surface area contributed by atoms with Gasteiger partial charge in [-0.1, -0.05) is 0 Å². The summed E-state index contributed by atoms with van der Waals surface area (Å²) in [7, 11) is 0. The van der Waals surface area contributed by atoms with Gasteiger partial charge >= 0.3 is 0 Å². The number of amides is 1. The van der Waals surface area contributed by atoms with E-state index in [1.54, 1.807) is 12.1 Å². The van der Waals surface area contributed by atoms with Gasteiger partial charge < -0.3 is 15.0 Å². The van der Waals surface area contributed by atoms with Gasteiger partial charge in [0.25, 0.3) is 11.6 Å². The maximum atomic E-state index is 13.1. The summed E-state index contributed by atoms with van der Waals surface area (Å²) in [5.41, 5.74) is 1.28. The van der Waals surface area contributed by atoms with E-state index in [1.165, 1.54) is 30.3 Å². The summed E-state index contributed by atoms with van der Waals surface area (Å²) < 4.78 is 18.8. The summed E-state index contributed by atoms with van der Waals surface area (Å²) in [5, 5.41) is 13.6. The molecule has 2 heterocycles. The Morgan fingerprint density at radius 3 is 2.57 bits per heavy atom. The van der Waals surface area contributed by atoms with Crippen LogP contribution in [-0.2, 0) is 4.79 Å². The average Bonchev–Trinajstić information content (AvgIpc) is 2.75. The molecule has 1 unspecified atom stereocenters. The Labute approximate surface area is 173 Å².